The summed E-state index contributed by atoms with van der Waals surface area (Å²) in [5.41, 5.74) is 0.730. The summed E-state index contributed by atoms with van der Waals surface area (Å²) in [5, 5.41) is 19.4. The van der Waals surface area contributed by atoms with Crippen molar-refractivity contribution in [2.24, 2.45) is 0 Å². The Morgan fingerprint density at radius 1 is 1.25 bits per heavy atom. The Hall–Kier alpha value is -2.87. The molecule has 3 aromatic rings. The second kappa shape index (κ2) is 9.36. The van der Waals surface area contributed by atoms with Crippen LogP contribution in [0.1, 0.15) is 56.1 Å². The van der Waals surface area contributed by atoms with Gasteiger partial charge in [-0.05, 0) is 24.6 Å². The van der Waals surface area contributed by atoms with Gasteiger partial charge in [-0.15, -0.1) is 10.2 Å². The van der Waals surface area contributed by atoms with Gasteiger partial charge in [0.25, 0.3) is 0 Å². The van der Waals surface area contributed by atoms with E-state index in [9.17, 15) is 10.0 Å². The first-order valence-corrected chi connectivity index (χ1v) is 9.42. The molecule has 0 bridgehead atoms. The standard InChI is InChI=1S/C20H25N3O5/c1-3-4-5-6-15(12-23(25)13-24)20-22-21-19(28-20)11-17-9-14-7-8-16(26-2)10-18(14)27-17/h7-10,13,15,25H,3-6,11-12H2,1-2H3/t15-/m0/s1. The van der Waals surface area contributed by atoms with E-state index >= 15 is 0 Å². The Bertz CT molecular complexity index is 904. The summed E-state index contributed by atoms with van der Waals surface area (Å²) in [4.78, 5) is 10.8. The number of furan rings is 1. The number of hydrogen-bond donors (Lipinski definition) is 1. The maximum Gasteiger partial charge on any atom is 0.233 e. The summed E-state index contributed by atoms with van der Waals surface area (Å²) in [6.07, 6.45) is 4.60. The molecule has 0 aliphatic heterocycles. The molecule has 2 heterocycles. The summed E-state index contributed by atoms with van der Waals surface area (Å²) in [7, 11) is 1.61. The lowest BCUT2D eigenvalue weighted by molar-refractivity contribution is -0.151. The van der Waals surface area contributed by atoms with Gasteiger partial charge in [0.2, 0.25) is 18.2 Å². The van der Waals surface area contributed by atoms with Crippen molar-refractivity contribution in [3.05, 3.63) is 41.8 Å². The minimum Gasteiger partial charge on any atom is -0.497 e. The molecule has 2 aromatic heterocycles. The van der Waals surface area contributed by atoms with Crippen LogP contribution < -0.4 is 4.74 Å². The van der Waals surface area contributed by atoms with Gasteiger partial charge in [0.05, 0.1) is 26.0 Å². The summed E-state index contributed by atoms with van der Waals surface area (Å²) in [5.74, 6) is 2.08. The van der Waals surface area contributed by atoms with Gasteiger partial charge < -0.3 is 13.6 Å². The molecule has 0 saturated heterocycles. The molecule has 3 rings (SSSR count). The van der Waals surface area contributed by atoms with Crippen molar-refractivity contribution in [1.82, 2.24) is 15.3 Å². The van der Waals surface area contributed by atoms with Gasteiger partial charge in [-0.25, -0.2) is 5.06 Å². The summed E-state index contributed by atoms with van der Waals surface area (Å²) >= 11 is 0. The SMILES string of the molecule is CCCCC[C@@H](CN(O)C=O)c1nnc(Cc2cc3ccc(OC)cc3o2)o1. The Balaban J connectivity index is 1.72. The number of rotatable bonds is 11. The Morgan fingerprint density at radius 2 is 2.11 bits per heavy atom. The molecule has 0 unspecified atom stereocenters. The van der Waals surface area contributed by atoms with E-state index in [1.54, 1.807) is 7.11 Å². The van der Waals surface area contributed by atoms with E-state index in [1.165, 1.54) is 0 Å². The Morgan fingerprint density at radius 3 is 2.86 bits per heavy atom. The van der Waals surface area contributed by atoms with Crippen molar-refractivity contribution in [3.8, 4) is 5.75 Å². The first-order valence-electron chi connectivity index (χ1n) is 9.42. The molecule has 0 aliphatic rings. The minimum atomic E-state index is -0.206. The smallest absolute Gasteiger partial charge is 0.233 e. The normalized spacial score (nSPS) is 12.2. The number of benzene rings is 1. The topological polar surface area (TPSA) is 102 Å². The molecule has 0 spiro atoms. The minimum absolute atomic E-state index is 0.124. The molecule has 0 fully saturated rings. The zero-order chi connectivity index (χ0) is 19.9. The van der Waals surface area contributed by atoms with E-state index in [-0.39, 0.29) is 12.5 Å². The number of nitrogens with zero attached hydrogens (tertiary/aromatic N) is 3. The zero-order valence-corrected chi connectivity index (χ0v) is 16.1. The van der Waals surface area contributed by atoms with Crippen LogP contribution in [0, 0.1) is 0 Å². The van der Waals surface area contributed by atoms with Gasteiger partial charge in [-0.2, -0.15) is 0 Å². The van der Waals surface area contributed by atoms with Crippen LogP contribution in [-0.2, 0) is 11.2 Å². The van der Waals surface area contributed by atoms with Gasteiger partial charge in [0, 0.05) is 11.5 Å². The Kier molecular flexibility index (Phi) is 6.65. The van der Waals surface area contributed by atoms with Crippen LogP contribution in [0.25, 0.3) is 11.0 Å². The number of methoxy groups -OCH3 is 1. The number of hydrogen-bond acceptors (Lipinski definition) is 7. The van der Waals surface area contributed by atoms with Crippen LogP contribution in [0.5, 0.6) is 5.75 Å². The van der Waals surface area contributed by atoms with Gasteiger partial charge in [0.1, 0.15) is 17.1 Å². The molecule has 0 radical (unpaired) electrons. The summed E-state index contributed by atoms with van der Waals surface area (Å²) in [6.45, 7) is 2.24. The van der Waals surface area contributed by atoms with Crippen molar-refractivity contribution < 1.29 is 23.6 Å². The van der Waals surface area contributed by atoms with Crippen LogP contribution in [-0.4, -0.2) is 40.5 Å². The highest BCUT2D eigenvalue weighted by Crippen LogP contribution is 2.27. The molecular formula is C20H25N3O5. The molecule has 8 heteroatoms. The average molecular weight is 387 g/mol. The number of fused-ring (bicyclic) bond motifs is 1. The van der Waals surface area contributed by atoms with Crippen molar-refractivity contribution in [1.29, 1.82) is 0 Å². The van der Waals surface area contributed by atoms with Crippen molar-refractivity contribution in [2.45, 2.75) is 44.9 Å². The number of carbonyl (C=O) groups is 1. The molecule has 28 heavy (non-hydrogen) atoms. The molecular weight excluding hydrogens is 362 g/mol. The van der Waals surface area contributed by atoms with Gasteiger partial charge in [-0.1, -0.05) is 26.2 Å². The summed E-state index contributed by atoms with van der Waals surface area (Å²) < 4.78 is 16.9. The van der Waals surface area contributed by atoms with Crippen molar-refractivity contribution >= 4 is 17.4 Å². The number of aromatic nitrogens is 2. The van der Waals surface area contributed by atoms with E-state index in [0.29, 0.717) is 35.4 Å². The monoisotopic (exact) mass is 387 g/mol. The number of carbonyl (C=O) groups excluding carboxylic acids is 1. The fourth-order valence-corrected chi connectivity index (χ4v) is 3.14. The second-order valence-electron chi connectivity index (χ2n) is 6.75. The highest BCUT2D eigenvalue weighted by molar-refractivity contribution is 5.79. The van der Waals surface area contributed by atoms with E-state index in [0.717, 1.165) is 42.4 Å². The molecule has 8 nitrogen and oxygen atoms in total. The third-order valence-electron chi connectivity index (χ3n) is 4.62. The van der Waals surface area contributed by atoms with Gasteiger partial charge in [0.15, 0.2) is 0 Å². The first-order chi connectivity index (χ1) is 13.6. The number of ether oxygens (including phenoxy) is 1. The van der Waals surface area contributed by atoms with E-state index < -0.39 is 0 Å². The predicted molar refractivity (Wildman–Crippen MR) is 101 cm³/mol. The van der Waals surface area contributed by atoms with E-state index in [1.807, 2.05) is 24.3 Å². The molecule has 1 aromatic carbocycles. The number of unbranched alkanes of at least 4 members (excludes halogenated alkanes) is 2. The third kappa shape index (κ3) is 4.89. The lowest BCUT2D eigenvalue weighted by Gasteiger charge is -2.16. The van der Waals surface area contributed by atoms with Crippen molar-refractivity contribution in [2.75, 3.05) is 13.7 Å². The number of hydroxylamine groups is 2. The van der Waals surface area contributed by atoms with E-state index in [4.69, 9.17) is 13.6 Å². The first kappa shape index (κ1) is 19.9. The average Bonchev–Trinajstić information content (AvgIpc) is 3.33. The fraction of sp³-hybridized carbons (Fsp3) is 0.450. The van der Waals surface area contributed by atoms with Crippen LogP contribution in [0.2, 0.25) is 0 Å². The van der Waals surface area contributed by atoms with Gasteiger partial charge >= 0.3 is 0 Å². The third-order valence-corrected chi connectivity index (χ3v) is 4.62. The maximum absolute atomic E-state index is 10.8. The maximum atomic E-state index is 10.8. The lowest BCUT2D eigenvalue weighted by atomic mass is 10.0. The molecule has 0 aliphatic carbocycles. The predicted octanol–water partition coefficient (Wildman–Crippen LogP) is 3.93. The second-order valence-corrected chi connectivity index (χ2v) is 6.75. The van der Waals surface area contributed by atoms with Crippen molar-refractivity contribution in [3.63, 3.8) is 0 Å². The fourth-order valence-electron chi connectivity index (χ4n) is 3.14. The lowest BCUT2D eigenvalue weighted by Crippen LogP contribution is -2.24. The van der Waals surface area contributed by atoms with Crippen LogP contribution in [0.4, 0.5) is 0 Å². The van der Waals surface area contributed by atoms with Crippen LogP contribution in [0.15, 0.2) is 33.1 Å². The quantitative estimate of drug-likeness (QED) is 0.230. The Labute approximate surface area is 163 Å². The molecule has 0 saturated carbocycles. The van der Waals surface area contributed by atoms with Crippen LogP contribution in [0.3, 0.4) is 0 Å². The van der Waals surface area contributed by atoms with Gasteiger partial charge in [-0.3, -0.25) is 10.0 Å². The molecule has 1 atom stereocenters. The summed E-state index contributed by atoms with van der Waals surface area (Å²) in [6, 6.07) is 7.57. The van der Waals surface area contributed by atoms with E-state index in [2.05, 4.69) is 17.1 Å². The molecule has 150 valence electrons. The highest BCUT2D eigenvalue weighted by Gasteiger charge is 2.21. The number of amides is 1. The zero-order valence-electron chi connectivity index (χ0n) is 16.1. The van der Waals surface area contributed by atoms with Crippen LogP contribution >= 0.6 is 0 Å². The largest absolute Gasteiger partial charge is 0.497 e. The molecule has 1 amide bonds. The molecule has 1 N–H and O–H groups in total. The highest BCUT2D eigenvalue weighted by atomic mass is 16.5.